The summed E-state index contributed by atoms with van der Waals surface area (Å²) in [6, 6.07) is 0. The Hall–Kier alpha value is -1.30. The number of hydrogen-bond acceptors (Lipinski definition) is 5. The number of halogens is 1. The van der Waals surface area contributed by atoms with Crippen LogP contribution in [0.3, 0.4) is 0 Å². The average molecular weight is 198 g/mol. The highest BCUT2D eigenvalue weighted by Gasteiger charge is 2.04. The van der Waals surface area contributed by atoms with Crippen LogP contribution in [0.15, 0.2) is 11.8 Å². The zero-order valence-electron chi connectivity index (χ0n) is 6.70. The molecule has 0 aromatic carbocycles. The molecular weight excluding hydrogens is 191 g/mol. The first-order valence-electron chi connectivity index (χ1n) is 3.76. The van der Waals surface area contributed by atoms with Gasteiger partial charge in [-0.2, -0.15) is 0 Å². The number of nitrogens with zero attached hydrogens (tertiary/aromatic N) is 3. The van der Waals surface area contributed by atoms with E-state index in [0.717, 1.165) is 4.83 Å². The molecule has 0 saturated carbocycles. The fourth-order valence-corrected chi connectivity index (χ4v) is 1.62. The van der Waals surface area contributed by atoms with Crippen molar-refractivity contribution in [2.75, 3.05) is 18.5 Å². The molecule has 2 aromatic rings. The first-order chi connectivity index (χ1) is 6.42. The Morgan fingerprint density at radius 3 is 3.15 bits per heavy atom. The van der Waals surface area contributed by atoms with E-state index in [2.05, 4.69) is 20.3 Å². The molecule has 13 heavy (non-hydrogen) atoms. The average Bonchev–Trinajstić information content (AvgIpc) is 2.62. The highest BCUT2D eigenvalue weighted by atomic mass is 32.1. The summed E-state index contributed by atoms with van der Waals surface area (Å²) in [6.07, 6.45) is 1.45. The van der Waals surface area contributed by atoms with Crippen LogP contribution < -0.4 is 5.32 Å². The van der Waals surface area contributed by atoms with Crippen LogP contribution in [0.2, 0.25) is 0 Å². The molecule has 0 aliphatic heterocycles. The zero-order valence-corrected chi connectivity index (χ0v) is 7.51. The van der Waals surface area contributed by atoms with E-state index < -0.39 is 6.67 Å². The topological polar surface area (TPSA) is 50.7 Å². The van der Waals surface area contributed by atoms with Gasteiger partial charge in [0.1, 0.15) is 23.3 Å². The van der Waals surface area contributed by atoms with E-state index >= 15 is 0 Å². The first-order valence-corrected chi connectivity index (χ1v) is 4.64. The van der Waals surface area contributed by atoms with Gasteiger partial charge < -0.3 is 5.32 Å². The number of hydrogen-bond donors (Lipinski definition) is 1. The van der Waals surface area contributed by atoms with E-state index in [1.807, 2.05) is 0 Å². The number of thiazole rings is 1. The Bertz CT molecular complexity index is 402. The standard InChI is InChI=1S/C7H7FN4S/c8-1-2-9-6-5-7(11-3-10-6)13-4-12-5/h3-4H,1-2H2,(H,9,10,11). The Balaban J connectivity index is 2.37. The molecule has 1 N–H and O–H groups in total. The Morgan fingerprint density at radius 2 is 2.31 bits per heavy atom. The van der Waals surface area contributed by atoms with Crippen LogP contribution in [0.5, 0.6) is 0 Å². The lowest BCUT2D eigenvalue weighted by atomic mass is 10.5. The van der Waals surface area contributed by atoms with Crippen molar-refractivity contribution in [1.29, 1.82) is 0 Å². The summed E-state index contributed by atoms with van der Waals surface area (Å²) in [4.78, 5) is 12.9. The van der Waals surface area contributed by atoms with Gasteiger partial charge in [-0.15, -0.1) is 11.3 Å². The molecule has 2 rings (SSSR count). The van der Waals surface area contributed by atoms with Gasteiger partial charge in [0.15, 0.2) is 5.82 Å². The normalized spacial score (nSPS) is 10.5. The Labute approximate surface area is 77.9 Å². The second-order valence-electron chi connectivity index (χ2n) is 2.34. The molecule has 0 unspecified atom stereocenters. The van der Waals surface area contributed by atoms with E-state index in [-0.39, 0.29) is 6.54 Å². The van der Waals surface area contributed by atoms with E-state index in [4.69, 9.17) is 0 Å². The molecule has 2 aromatic heterocycles. The maximum Gasteiger partial charge on any atom is 0.157 e. The van der Waals surface area contributed by atoms with Crippen LogP contribution in [-0.2, 0) is 0 Å². The van der Waals surface area contributed by atoms with Gasteiger partial charge in [-0.05, 0) is 0 Å². The minimum absolute atomic E-state index is 0.254. The van der Waals surface area contributed by atoms with Crippen molar-refractivity contribution in [3.63, 3.8) is 0 Å². The minimum atomic E-state index is -0.421. The molecule has 0 fully saturated rings. The van der Waals surface area contributed by atoms with Crippen molar-refractivity contribution in [1.82, 2.24) is 15.0 Å². The number of fused-ring (bicyclic) bond motifs is 1. The molecule has 0 aliphatic rings. The minimum Gasteiger partial charge on any atom is -0.366 e. The number of nitrogens with one attached hydrogen (secondary N) is 1. The quantitative estimate of drug-likeness (QED) is 0.811. The second kappa shape index (κ2) is 3.61. The maximum atomic E-state index is 11.9. The molecule has 0 amide bonds. The number of rotatable bonds is 3. The molecule has 2 heterocycles. The van der Waals surface area contributed by atoms with Gasteiger partial charge in [0.2, 0.25) is 0 Å². The molecule has 0 spiro atoms. The highest BCUT2D eigenvalue weighted by molar-refractivity contribution is 7.16. The summed E-state index contributed by atoms with van der Waals surface area (Å²) < 4.78 is 11.9. The van der Waals surface area contributed by atoms with Gasteiger partial charge in [-0.25, -0.2) is 19.3 Å². The lowest BCUT2D eigenvalue weighted by Gasteiger charge is -2.01. The molecule has 0 saturated heterocycles. The molecule has 0 atom stereocenters. The lowest BCUT2D eigenvalue weighted by molar-refractivity contribution is 0.512. The summed E-state index contributed by atoms with van der Waals surface area (Å²) >= 11 is 1.44. The van der Waals surface area contributed by atoms with Crippen LogP contribution in [0, 0.1) is 0 Å². The van der Waals surface area contributed by atoms with Crippen LogP contribution in [-0.4, -0.2) is 28.2 Å². The molecule has 6 heteroatoms. The summed E-state index contributed by atoms with van der Waals surface area (Å²) in [6.45, 7) is -0.167. The van der Waals surface area contributed by atoms with E-state index in [9.17, 15) is 4.39 Å². The monoisotopic (exact) mass is 198 g/mol. The Kier molecular flexibility index (Phi) is 2.31. The van der Waals surface area contributed by atoms with Crippen LogP contribution in [0.25, 0.3) is 10.3 Å². The number of anilines is 1. The SMILES string of the molecule is FCCNc1ncnc2scnc12. The van der Waals surface area contributed by atoms with Gasteiger partial charge in [0.25, 0.3) is 0 Å². The summed E-state index contributed by atoms with van der Waals surface area (Å²) in [5.41, 5.74) is 2.40. The third-order valence-corrected chi connectivity index (χ3v) is 2.25. The highest BCUT2D eigenvalue weighted by Crippen LogP contribution is 2.19. The van der Waals surface area contributed by atoms with Crippen LogP contribution in [0.1, 0.15) is 0 Å². The van der Waals surface area contributed by atoms with Gasteiger partial charge in [0.05, 0.1) is 5.51 Å². The van der Waals surface area contributed by atoms with E-state index in [1.54, 1.807) is 5.51 Å². The first kappa shape index (κ1) is 8.31. The lowest BCUT2D eigenvalue weighted by Crippen LogP contribution is -2.05. The fraction of sp³-hybridized carbons (Fsp3) is 0.286. The van der Waals surface area contributed by atoms with E-state index in [0.29, 0.717) is 11.3 Å². The zero-order chi connectivity index (χ0) is 9.10. The predicted octanol–water partition coefficient (Wildman–Crippen LogP) is 1.47. The molecule has 0 bridgehead atoms. The molecule has 68 valence electrons. The van der Waals surface area contributed by atoms with Gasteiger partial charge >= 0.3 is 0 Å². The second-order valence-corrected chi connectivity index (χ2v) is 3.18. The third kappa shape index (κ3) is 1.57. The van der Waals surface area contributed by atoms with Gasteiger partial charge in [-0.3, -0.25) is 0 Å². The van der Waals surface area contributed by atoms with Crippen molar-refractivity contribution in [2.45, 2.75) is 0 Å². The van der Waals surface area contributed by atoms with Crippen molar-refractivity contribution in [3.05, 3.63) is 11.8 Å². The van der Waals surface area contributed by atoms with Crippen molar-refractivity contribution in [3.8, 4) is 0 Å². The maximum absolute atomic E-state index is 11.9. The summed E-state index contributed by atoms with van der Waals surface area (Å²) in [5, 5.41) is 2.84. The smallest absolute Gasteiger partial charge is 0.157 e. The molecular formula is C7H7FN4S. The Morgan fingerprint density at radius 1 is 1.38 bits per heavy atom. The van der Waals surface area contributed by atoms with Gasteiger partial charge in [-0.1, -0.05) is 0 Å². The van der Waals surface area contributed by atoms with Gasteiger partial charge in [0, 0.05) is 6.54 Å². The van der Waals surface area contributed by atoms with E-state index in [1.165, 1.54) is 17.7 Å². The molecule has 0 radical (unpaired) electrons. The van der Waals surface area contributed by atoms with Crippen molar-refractivity contribution < 1.29 is 4.39 Å². The largest absolute Gasteiger partial charge is 0.366 e. The molecule has 0 aliphatic carbocycles. The van der Waals surface area contributed by atoms with Crippen molar-refractivity contribution >= 4 is 27.5 Å². The third-order valence-electron chi connectivity index (χ3n) is 1.52. The fourth-order valence-electron chi connectivity index (χ4n) is 0.989. The number of aromatic nitrogens is 3. The van der Waals surface area contributed by atoms with Crippen molar-refractivity contribution in [2.24, 2.45) is 0 Å². The van der Waals surface area contributed by atoms with Crippen LogP contribution in [0.4, 0.5) is 10.2 Å². The summed E-state index contributed by atoms with van der Waals surface area (Å²) in [7, 11) is 0. The predicted molar refractivity (Wildman–Crippen MR) is 49.7 cm³/mol. The number of alkyl halides is 1. The summed E-state index contributed by atoms with van der Waals surface area (Å²) in [5.74, 6) is 0.601. The van der Waals surface area contributed by atoms with Crippen LogP contribution >= 0.6 is 11.3 Å². The molecule has 4 nitrogen and oxygen atoms in total.